The molecule has 23 heavy (non-hydrogen) atoms. The lowest BCUT2D eigenvalue weighted by Crippen LogP contribution is -2.26. The summed E-state index contributed by atoms with van der Waals surface area (Å²) in [5, 5.41) is 9.16. The zero-order valence-corrected chi connectivity index (χ0v) is 14.0. The summed E-state index contributed by atoms with van der Waals surface area (Å²) in [7, 11) is 0. The molecule has 0 aromatic heterocycles. The van der Waals surface area contributed by atoms with Crippen LogP contribution in [0.15, 0.2) is 24.3 Å². The molecule has 3 rings (SSSR count). The van der Waals surface area contributed by atoms with Crippen molar-refractivity contribution in [1.29, 1.82) is 0 Å². The van der Waals surface area contributed by atoms with E-state index in [0.29, 0.717) is 18.0 Å². The summed E-state index contributed by atoms with van der Waals surface area (Å²) in [5.74, 6) is 0.904. The van der Waals surface area contributed by atoms with E-state index < -0.39 is 0 Å². The number of benzene rings is 1. The number of halogens is 1. The maximum absolute atomic E-state index is 12.1. The molecule has 1 aliphatic carbocycles. The molecule has 2 fully saturated rings. The zero-order chi connectivity index (χ0) is 15.4. The van der Waals surface area contributed by atoms with Gasteiger partial charge >= 0.3 is 0 Å². The predicted octanol–water partition coefficient (Wildman–Crippen LogP) is 2.19. The van der Waals surface area contributed by atoms with E-state index in [1.807, 2.05) is 0 Å². The van der Waals surface area contributed by atoms with Gasteiger partial charge in [0.2, 0.25) is 5.91 Å². The molecule has 1 saturated carbocycles. The fourth-order valence-electron chi connectivity index (χ4n) is 2.75. The Labute approximate surface area is 143 Å². The summed E-state index contributed by atoms with van der Waals surface area (Å²) in [6, 6.07) is 7.09. The molecule has 1 aromatic rings. The van der Waals surface area contributed by atoms with Crippen LogP contribution >= 0.6 is 12.4 Å². The second-order valence-corrected chi connectivity index (χ2v) is 6.24. The standard InChI is InChI=1S/C17H23N3O2.ClH/c21-16(19-10-8-12-7-9-18-11-12)13-3-5-15(6-4-13)20-17(22)14-1-2-14;/h3-6,12,14,18H,1-2,7-11H2,(H,19,21)(H,20,22);1H. The number of nitrogens with one attached hydrogen (secondary N) is 3. The van der Waals surface area contributed by atoms with E-state index >= 15 is 0 Å². The molecule has 1 unspecified atom stereocenters. The van der Waals surface area contributed by atoms with Crippen LogP contribution < -0.4 is 16.0 Å². The zero-order valence-electron chi connectivity index (χ0n) is 13.1. The number of anilines is 1. The van der Waals surface area contributed by atoms with Gasteiger partial charge < -0.3 is 16.0 Å². The molecule has 1 saturated heterocycles. The molecule has 126 valence electrons. The summed E-state index contributed by atoms with van der Waals surface area (Å²) in [6.45, 7) is 2.86. The van der Waals surface area contributed by atoms with Crippen molar-refractivity contribution >= 4 is 29.9 Å². The van der Waals surface area contributed by atoms with E-state index in [2.05, 4.69) is 16.0 Å². The minimum Gasteiger partial charge on any atom is -0.352 e. The third kappa shape index (κ3) is 5.22. The molecule has 2 aliphatic rings. The average Bonchev–Trinajstić information content (AvgIpc) is 3.26. The first-order valence-corrected chi connectivity index (χ1v) is 8.12. The van der Waals surface area contributed by atoms with Crippen LogP contribution in [0.5, 0.6) is 0 Å². The molecule has 2 amide bonds. The Kier molecular flexibility index (Phi) is 6.42. The molecular formula is C17H24ClN3O2. The first-order valence-electron chi connectivity index (χ1n) is 8.12. The van der Waals surface area contributed by atoms with Crippen molar-refractivity contribution in [3.63, 3.8) is 0 Å². The van der Waals surface area contributed by atoms with Crippen molar-refractivity contribution in [2.24, 2.45) is 11.8 Å². The van der Waals surface area contributed by atoms with Crippen LogP contribution in [0.25, 0.3) is 0 Å². The van der Waals surface area contributed by atoms with Crippen LogP contribution in [0.3, 0.4) is 0 Å². The van der Waals surface area contributed by atoms with Crippen molar-refractivity contribution < 1.29 is 9.59 Å². The summed E-state index contributed by atoms with van der Waals surface area (Å²) < 4.78 is 0. The highest BCUT2D eigenvalue weighted by molar-refractivity contribution is 5.96. The second kappa shape index (κ2) is 8.31. The molecule has 1 heterocycles. The van der Waals surface area contributed by atoms with Crippen LogP contribution in [0.4, 0.5) is 5.69 Å². The van der Waals surface area contributed by atoms with Crippen molar-refractivity contribution in [3.8, 4) is 0 Å². The SMILES string of the molecule is Cl.O=C(NCCC1CCNC1)c1ccc(NC(=O)C2CC2)cc1. The number of amides is 2. The van der Waals surface area contributed by atoms with E-state index in [1.54, 1.807) is 24.3 Å². The molecule has 0 bridgehead atoms. The van der Waals surface area contributed by atoms with Crippen molar-refractivity contribution in [1.82, 2.24) is 10.6 Å². The lowest BCUT2D eigenvalue weighted by molar-refractivity contribution is -0.117. The molecule has 1 aliphatic heterocycles. The van der Waals surface area contributed by atoms with Gasteiger partial charge in [0.05, 0.1) is 0 Å². The first kappa shape index (κ1) is 17.8. The molecule has 5 nitrogen and oxygen atoms in total. The highest BCUT2D eigenvalue weighted by Crippen LogP contribution is 2.30. The van der Waals surface area contributed by atoms with Crippen molar-refractivity contribution in [2.45, 2.75) is 25.7 Å². The summed E-state index contributed by atoms with van der Waals surface area (Å²) >= 11 is 0. The fraction of sp³-hybridized carbons (Fsp3) is 0.529. The normalized spacial score (nSPS) is 19.7. The van der Waals surface area contributed by atoms with Gasteiger partial charge in [-0.15, -0.1) is 12.4 Å². The Balaban J connectivity index is 0.00000192. The van der Waals surface area contributed by atoms with Gasteiger partial charge in [0, 0.05) is 23.7 Å². The Morgan fingerprint density at radius 2 is 1.87 bits per heavy atom. The molecule has 0 spiro atoms. The van der Waals surface area contributed by atoms with Gasteiger partial charge in [0.1, 0.15) is 0 Å². The van der Waals surface area contributed by atoms with E-state index in [9.17, 15) is 9.59 Å². The smallest absolute Gasteiger partial charge is 0.251 e. The monoisotopic (exact) mass is 337 g/mol. The van der Waals surface area contributed by atoms with Crippen LogP contribution in [0.2, 0.25) is 0 Å². The maximum atomic E-state index is 12.1. The summed E-state index contributed by atoms with van der Waals surface area (Å²) in [4.78, 5) is 23.7. The average molecular weight is 338 g/mol. The van der Waals surface area contributed by atoms with Gasteiger partial charge in [-0.25, -0.2) is 0 Å². The minimum atomic E-state index is -0.0500. The van der Waals surface area contributed by atoms with Gasteiger partial charge in [-0.05, 0) is 69.0 Å². The lowest BCUT2D eigenvalue weighted by atomic mass is 10.1. The number of hydrogen-bond acceptors (Lipinski definition) is 3. The van der Waals surface area contributed by atoms with Crippen LogP contribution in [-0.2, 0) is 4.79 Å². The maximum Gasteiger partial charge on any atom is 0.251 e. The fourth-order valence-corrected chi connectivity index (χ4v) is 2.75. The highest BCUT2D eigenvalue weighted by Gasteiger charge is 2.29. The Morgan fingerprint density at radius 3 is 2.48 bits per heavy atom. The van der Waals surface area contributed by atoms with E-state index in [1.165, 1.54) is 6.42 Å². The van der Waals surface area contributed by atoms with Crippen molar-refractivity contribution in [2.75, 3.05) is 25.0 Å². The predicted molar refractivity (Wildman–Crippen MR) is 93.0 cm³/mol. The number of rotatable bonds is 6. The van der Waals surface area contributed by atoms with Gasteiger partial charge in [-0.1, -0.05) is 0 Å². The van der Waals surface area contributed by atoms with E-state index in [0.717, 1.165) is 38.0 Å². The Hall–Kier alpha value is -1.59. The van der Waals surface area contributed by atoms with Gasteiger partial charge in [-0.2, -0.15) is 0 Å². The largest absolute Gasteiger partial charge is 0.352 e. The quantitative estimate of drug-likeness (QED) is 0.745. The van der Waals surface area contributed by atoms with Gasteiger partial charge in [0.25, 0.3) is 5.91 Å². The molecule has 6 heteroatoms. The highest BCUT2D eigenvalue weighted by atomic mass is 35.5. The molecule has 0 radical (unpaired) electrons. The van der Waals surface area contributed by atoms with Crippen LogP contribution in [0.1, 0.15) is 36.0 Å². The lowest BCUT2D eigenvalue weighted by Gasteiger charge is -2.10. The molecule has 1 aromatic carbocycles. The first-order chi connectivity index (χ1) is 10.7. The third-order valence-corrected chi connectivity index (χ3v) is 4.36. The van der Waals surface area contributed by atoms with Crippen LogP contribution in [-0.4, -0.2) is 31.4 Å². The third-order valence-electron chi connectivity index (χ3n) is 4.36. The molecule has 3 N–H and O–H groups in total. The van der Waals surface area contributed by atoms with E-state index in [-0.39, 0.29) is 30.1 Å². The Bertz CT molecular complexity index is 537. The number of carbonyl (C=O) groups is 2. The van der Waals surface area contributed by atoms with Gasteiger partial charge in [-0.3, -0.25) is 9.59 Å². The summed E-state index contributed by atoms with van der Waals surface area (Å²) in [6.07, 6.45) is 4.20. The molecule has 1 atom stereocenters. The Morgan fingerprint density at radius 1 is 1.13 bits per heavy atom. The second-order valence-electron chi connectivity index (χ2n) is 6.24. The number of hydrogen-bond donors (Lipinski definition) is 3. The minimum absolute atomic E-state index is 0. The topological polar surface area (TPSA) is 70.2 Å². The van der Waals surface area contributed by atoms with Crippen molar-refractivity contribution in [3.05, 3.63) is 29.8 Å². The number of carbonyl (C=O) groups excluding carboxylic acids is 2. The van der Waals surface area contributed by atoms with E-state index in [4.69, 9.17) is 0 Å². The van der Waals surface area contributed by atoms with Crippen LogP contribution in [0, 0.1) is 11.8 Å². The van der Waals surface area contributed by atoms with Gasteiger partial charge in [0.15, 0.2) is 0 Å². The summed E-state index contributed by atoms with van der Waals surface area (Å²) in [5.41, 5.74) is 1.39. The molecular weight excluding hydrogens is 314 g/mol.